The third-order valence-electron chi connectivity index (χ3n) is 4.90. The summed E-state index contributed by atoms with van der Waals surface area (Å²) in [7, 11) is 0. The molecule has 5 nitrogen and oxygen atoms in total. The molecule has 0 aliphatic carbocycles. The molecule has 2 N–H and O–H groups in total. The van der Waals surface area contributed by atoms with Crippen molar-refractivity contribution in [1.82, 2.24) is 5.32 Å². The van der Waals surface area contributed by atoms with Crippen LogP contribution >= 0.6 is 0 Å². The number of rotatable bonds is 8. The highest BCUT2D eigenvalue weighted by Gasteiger charge is 2.07. The molecule has 0 atom stereocenters. The second-order valence-corrected chi connectivity index (χ2v) is 7.10. The van der Waals surface area contributed by atoms with Crippen molar-refractivity contribution in [3.8, 4) is 5.75 Å². The summed E-state index contributed by atoms with van der Waals surface area (Å²) in [6, 6.07) is 25.2. The van der Waals surface area contributed by atoms with Gasteiger partial charge in [-0.15, -0.1) is 0 Å². The highest BCUT2D eigenvalue weighted by molar-refractivity contribution is 5.81. The van der Waals surface area contributed by atoms with Crippen LogP contribution < -0.4 is 15.7 Å². The summed E-state index contributed by atoms with van der Waals surface area (Å²) in [5, 5.41) is 13.5. The molecule has 0 fully saturated rings. The van der Waals surface area contributed by atoms with E-state index in [4.69, 9.17) is 9.15 Å². The zero-order chi connectivity index (χ0) is 20.8. The van der Waals surface area contributed by atoms with Crippen LogP contribution in [-0.2, 0) is 26.3 Å². The lowest BCUT2D eigenvalue weighted by Gasteiger charge is -2.09. The highest BCUT2D eigenvalue weighted by atomic mass is 16.5. The molecule has 1 aromatic heterocycles. The van der Waals surface area contributed by atoms with Gasteiger partial charge in [-0.2, -0.15) is 0 Å². The zero-order valence-corrected chi connectivity index (χ0v) is 16.5. The minimum Gasteiger partial charge on any atom is -0.489 e. The Morgan fingerprint density at radius 3 is 2.27 bits per heavy atom. The average molecular weight is 401 g/mol. The van der Waals surface area contributed by atoms with Crippen molar-refractivity contribution in [2.24, 2.45) is 0 Å². The van der Waals surface area contributed by atoms with Crippen molar-refractivity contribution >= 4 is 11.0 Å². The molecule has 4 aromatic rings. The largest absolute Gasteiger partial charge is 0.489 e. The number of aliphatic hydroxyl groups is 1. The second-order valence-electron chi connectivity index (χ2n) is 7.10. The highest BCUT2D eigenvalue weighted by Crippen LogP contribution is 2.23. The first-order valence-corrected chi connectivity index (χ1v) is 9.84. The topological polar surface area (TPSA) is 71.7 Å². The monoisotopic (exact) mass is 401 g/mol. The fraction of sp³-hybridized carbons (Fsp3) is 0.160. The lowest BCUT2D eigenvalue weighted by atomic mass is 10.1. The summed E-state index contributed by atoms with van der Waals surface area (Å²) >= 11 is 0. The van der Waals surface area contributed by atoms with Crippen LogP contribution in [0.5, 0.6) is 5.75 Å². The predicted molar refractivity (Wildman–Crippen MR) is 116 cm³/mol. The molecule has 1 heterocycles. The van der Waals surface area contributed by atoms with Crippen LogP contribution in [0.25, 0.3) is 11.0 Å². The first-order valence-electron chi connectivity index (χ1n) is 9.84. The minimum atomic E-state index is -0.486. The Balaban J connectivity index is 1.34. The number of hydrogen-bond donors (Lipinski definition) is 2. The van der Waals surface area contributed by atoms with Gasteiger partial charge in [0.1, 0.15) is 17.9 Å². The van der Waals surface area contributed by atoms with Crippen LogP contribution in [0.15, 0.2) is 88.1 Å². The molecule has 0 spiro atoms. The number of benzene rings is 3. The molecule has 0 radical (unpaired) electrons. The Kier molecular flexibility index (Phi) is 6.23. The third kappa shape index (κ3) is 4.95. The molecule has 0 bridgehead atoms. The lowest BCUT2D eigenvalue weighted by Crippen LogP contribution is -2.12. The van der Waals surface area contributed by atoms with Crippen LogP contribution in [-0.4, -0.2) is 5.11 Å². The molecule has 4 rings (SSSR count). The van der Waals surface area contributed by atoms with E-state index in [1.807, 2.05) is 36.4 Å². The van der Waals surface area contributed by atoms with E-state index in [-0.39, 0.29) is 6.61 Å². The van der Waals surface area contributed by atoms with Crippen molar-refractivity contribution in [1.29, 1.82) is 0 Å². The van der Waals surface area contributed by atoms with Gasteiger partial charge in [0.05, 0.1) is 6.61 Å². The standard InChI is InChI=1S/C25H23NO4/c27-16-21-12-25(28)30-24-13-22(10-11-23(21)24)29-17-20-8-6-19(7-9-20)15-26-14-18-4-2-1-3-5-18/h1-13,26-27H,14-17H2. The van der Waals surface area contributed by atoms with Gasteiger partial charge in [0.25, 0.3) is 0 Å². The van der Waals surface area contributed by atoms with E-state index >= 15 is 0 Å². The van der Waals surface area contributed by atoms with Gasteiger partial charge in [0.15, 0.2) is 0 Å². The number of aliphatic hydroxyl groups excluding tert-OH is 1. The molecule has 3 aromatic carbocycles. The molecule has 0 unspecified atom stereocenters. The molecule has 0 saturated carbocycles. The van der Waals surface area contributed by atoms with E-state index in [0.717, 1.165) is 18.7 Å². The molecule has 0 aliphatic heterocycles. The van der Waals surface area contributed by atoms with Gasteiger partial charge in [0, 0.05) is 30.6 Å². The van der Waals surface area contributed by atoms with Gasteiger partial charge in [-0.3, -0.25) is 0 Å². The maximum absolute atomic E-state index is 11.6. The van der Waals surface area contributed by atoms with Gasteiger partial charge in [-0.25, -0.2) is 4.79 Å². The summed E-state index contributed by atoms with van der Waals surface area (Å²) in [5.41, 5.74) is 3.99. The summed E-state index contributed by atoms with van der Waals surface area (Å²) < 4.78 is 11.1. The van der Waals surface area contributed by atoms with Crippen molar-refractivity contribution in [2.75, 3.05) is 0 Å². The zero-order valence-electron chi connectivity index (χ0n) is 16.5. The Morgan fingerprint density at radius 2 is 1.53 bits per heavy atom. The molecule has 0 aliphatic rings. The summed E-state index contributed by atoms with van der Waals surface area (Å²) in [6.07, 6.45) is 0. The Labute approximate surface area is 174 Å². The Hall–Kier alpha value is -3.41. The van der Waals surface area contributed by atoms with Crippen LogP contribution in [0, 0.1) is 0 Å². The Morgan fingerprint density at radius 1 is 0.833 bits per heavy atom. The normalized spacial score (nSPS) is 11.0. The van der Waals surface area contributed by atoms with Crippen LogP contribution in [0.2, 0.25) is 0 Å². The van der Waals surface area contributed by atoms with Crippen molar-refractivity contribution in [2.45, 2.75) is 26.3 Å². The fourth-order valence-electron chi connectivity index (χ4n) is 3.30. The van der Waals surface area contributed by atoms with Crippen molar-refractivity contribution in [3.05, 3.63) is 112 Å². The van der Waals surface area contributed by atoms with Gasteiger partial charge in [-0.05, 0) is 34.4 Å². The van der Waals surface area contributed by atoms with Crippen LogP contribution in [0.4, 0.5) is 0 Å². The van der Waals surface area contributed by atoms with Gasteiger partial charge < -0.3 is 19.6 Å². The van der Waals surface area contributed by atoms with Crippen LogP contribution in [0.1, 0.15) is 22.3 Å². The number of hydrogen-bond acceptors (Lipinski definition) is 5. The number of nitrogens with one attached hydrogen (secondary N) is 1. The summed E-state index contributed by atoms with van der Waals surface area (Å²) in [5.74, 6) is 0.606. The quantitative estimate of drug-likeness (QED) is 0.434. The van der Waals surface area contributed by atoms with E-state index in [0.29, 0.717) is 28.9 Å². The molecule has 30 heavy (non-hydrogen) atoms. The van der Waals surface area contributed by atoms with E-state index in [1.54, 1.807) is 12.1 Å². The lowest BCUT2D eigenvalue weighted by molar-refractivity contribution is 0.282. The smallest absolute Gasteiger partial charge is 0.336 e. The van der Waals surface area contributed by atoms with E-state index in [2.05, 4.69) is 29.6 Å². The van der Waals surface area contributed by atoms with Gasteiger partial charge in [-0.1, -0.05) is 54.6 Å². The minimum absolute atomic E-state index is 0.213. The van der Waals surface area contributed by atoms with Crippen molar-refractivity contribution in [3.63, 3.8) is 0 Å². The van der Waals surface area contributed by atoms with E-state index in [1.165, 1.54) is 17.2 Å². The second kappa shape index (κ2) is 9.39. The Bertz CT molecular complexity index is 1170. The molecule has 152 valence electrons. The first-order chi connectivity index (χ1) is 14.7. The molecule has 0 amide bonds. The molecule has 5 heteroatoms. The predicted octanol–water partition coefficient (Wildman–Crippen LogP) is 4.15. The maximum atomic E-state index is 11.6. The van der Waals surface area contributed by atoms with E-state index in [9.17, 15) is 9.90 Å². The third-order valence-corrected chi connectivity index (χ3v) is 4.90. The van der Waals surface area contributed by atoms with Crippen molar-refractivity contribution < 1.29 is 14.3 Å². The molecule has 0 saturated heterocycles. The summed E-state index contributed by atoms with van der Waals surface area (Å²) in [6.45, 7) is 1.83. The van der Waals surface area contributed by atoms with Gasteiger partial charge in [0.2, 0.25) is 0 Å². The molecular weight excluding hydrogens is 378 g/mol. The fourth-order valence-corrected chi connectivity index (χ4v) is 3.30. The first kappa shape index (κ1) is 19.9. The number of ether oxygens (including phenoxy) is 1. The van der Waals surface area contributed by atoms with E-state index < -0.39 is 5.63 Å². The maximum Gasteiger partial charge on any atom is 0.336 e. The number of fused-ring (bicyclic) bond motifs is 1. The van der Waals surface area contributed by atoms with Crippen LogP contribution in [0.3, 0.4) is 0 Å². The average Bonchev–Trinajstić information content (AvgIpc) is 2.78. The SMILES string of the molecule is O=c1cc(CO)c2ccc(OCc3ccc(CNCc4ccccc4)cc3)cc2o1. The molecular formula is C25H23NO4. The summed E-state index contributed by atoms with van der Waals surface area (Å²) in [4.78, 5) is 11.6. The van der Waals surface area contributed by atoms with Gasteiger partial charge >= 0.3 is 5.63 Å².